The minimum absolute atomic E-state index is 0.134. The lowest BCUT2D eigenvalue weighted by Gasteiger charge is -2.15. The highest BCUT2D eigenvalue weighted by atomic mass is 79.9. The average molecular weight is 373 g/mol. The molecule has 22 heavy (non-hydrogen) atoms. The number of nitro groups is 1. The Bertz CT molecular complexity index is 692. The lowest BCUT2D eigenvalue weighted by Crippen LogP contribution is -2.15. The molecule has 0 spiro atoms. The Labute approximate surface area is 132 Å². The molecule has 1 unspecified atom stereocenters. The number of nitro benzene ring substituents is 1. The number of halogens is 3. The van der Waals surface area contributed by atoms with Crippen molar-refractivity contribution in [3.05, 3.63) is 68.2 Å². The molecular formula is C14H11BrF2N2O3. The summed E-state index contributed by atoms with van der Waals surface area (Å²) in [6.45, 7) is -0.283. The zero-order valence-electron chi connectivity index (χ0n) is 11.1. The second-order valence-corrected chi connectivity index (χ2v) is 5.37. The van der Waals surface area contributed by atoms with Crippen LogP contribution in [0.4, 0.5) is 20.2 Å². The van der Waals surface area contributed by atoms with Crippen molar-refractivity contribution in [2.45, 2.75) is 6.10 Å². The van der Waals surface area contributed by atoms with E-state index in [0.29, 0.717) is 4.47 Å². The quantitative estimate of drug-likeness (QED) is 0.618. The maximum absolute atomic E-state index is 13.6. The van der Waals surface area contributed by atoms with Gasteiger partial charge in [0.2, 0.25) is 0 Å². The number of benzene rings is 2. The van der Waals surface area contributed by atoms with Crippen LogP contribution >= 0.6 is 15.9 Å². The third kappa shape index (κ3) is 3.58. The van der Waals surface area contributed by atoms with Crippen molar-refractivity contribution in [2.75, 3.05) is 11.9 Å². The minimum atomic E-state index is -1.49. The first-order valence-corrected chi connectivity index (χ1v) is 6.99. The van der Waals surface area contributed by atoms with E-state index in [2.05, 4.69) is 21.2 Å². The average Bonchev–Trinajstić information content (AvgIpc) is 2.44. The minimum Gasteiger partial charge on any atom is -0.386 e. The third-order valence-corrected chi connectivity index (χ3v) is 3.47. The molecule has 8 heteroatoms. The molecule has 5 nitrogen and oxygen atoms in total. The van der Waals surface area contributed by atoms with Gasteiger partial charge in [0.15, 0.2) is 0 Å². The Hall–Kier alpha value is -2.06. The summed E-state index contributed by atoms with van der Waals surface area (Å²) in [6.07, 6.45) is -1.49. The predicted molar refractivity (Wildman–Crippen MR) is 80.6 cm³/mol. The first kappa shape index (κ1) is 16.3. The summed E-state index contributed by atoms with van der Waals surface area (Å²) >= 11 is 3.18. The molecule has 1 atom stereocenters. The number of hydrogen-bond donors (Lipinski definition) is 2. The summed E-state index contributed by atoms with van der Waals surface area (Å²) in [5.74, 6) is -1.75. The van der Waals surface area contributed by atoms with E-state index in [4.69, 9.17) is 0 Å². The number of anilines is 1. The summed E-state index contributed by atoms with van der Waals surface area (Å²) in [6, 6.07) is 7.47. The third-order valence-electron chi connectivity index (χ3n) is 2.97. The van der Waals surface area contributed by atoms with Crippen molar-refractivity contribution in [3.8, 4) is 0 Å². The summed E-state index contributed by atoms with van der Waals surface area (Å²) in [7, 11) is 0. The molecular weight excluding hydrogens is 362 g/mol. The topological polar surface area (TPSA) is 75.4 Å². The lowest BCUT2D eigenvalue weighted by atomic mass is 10.1. The Balaban J connectivity index is 2.20. The van der Waals surface area contributed by atoms with E-state index >= 15 is 0 Å². The standard InChI is InChI=1S/C14H11BrF2N2O3/c15-8-4-5-12(19(21)22)11(6-8)18-7-13(20)14-9(16)2-1-3-10(14)17/h1-6,13,18,20H,7H2. The monoisotopic (exact) mass is 372 g/mol. The van der Waals surface area contributed by atoms with Gasteiger partial charge in [-0.1, -0.05) is 22.0 Å². The highest BCUT2D eigenvalue weighted by molar-refractivity contribution is 9.10. The van der Waals surface area contributed by atoms with Gasteiger partial charge >= 0.3 is 0 Å². The molecule has 0 saturated carbocycles. The Morgan fingerprint density at radius 2 is 1.91 bits per heavy atom. The van der Waals surface area contributed by atoms with E-state index in [1.54, 1.807) is 0 Å². The van der Waals surface area contributed by atoms with E-state index in [1.165, 1.54) is 24.3 Å². The zero-order chi connectivity index (χ0) is 16.3. The molecule has 0 aromatic heterocycles. The Morgan fingerprint density at radius 1 is 1.27 bits per heavy atom. The van der Waals surface area contributed by atoms with Crippen LogP contribution in [-0.2, 0) is 0 Å². The van der Waals surface area contributed by atoms with Crippen LogP contribution in [0.1, 0.15) is 11.7 Å². The fourth-order valence-electron chi connectivity index (χ4n) is 1.95. The maximum Gasteiger partial charge on any atom is 0.292 e. The van der Waals surface area contributed by atoms with E-state index in [0.717, 1.165) is 12.1 Å². The van der Waals surface area contributed by atoms with Gasteiger partial charge in [-0.25, -0.2) is 8.78 Å². The van der Waals surface area contributed by atoms with Crippen LogP contribution in [0.15, 0.2) is 40.9 Å². The first-order valence-electron chi connectivity index (χ1n) is 6.20. The highest BCUT2D eigenvalue weighted by Gasteiger charge is 2.19. The van der Waals surface area contributed by atoms with Crippen LogP contribution < -0.4 is 5.32 Å². The fraction of sp³-hybridized carbons (Fsp3) is 0.143. The van der Waals surface area contributed by atoms with Gasteiger partial charge in [0, 0.05) is 17.1 Å². The number of hydrogen-bond acceptors (Lipinski definition) is 4. The normalized spacial score (nSPS) is 12.0. The van der Waals surface area contributed by atoms with Gasteiger partial charge in [0.05, 0.1) is 10.5 Å². The van der Waals surface area contributed by atoms with Crippen LogP contribution in [0.2, 0.25) is 0 Å². The van der Waals surface area contributed by atoms with E-state index < -0.39 is 28.2 Å². The van der Waals surface area contributed by atoms with Gasteiger partial charge in [-0.05, 0) is 24.3 Å². The molecule has 0 radical (unpaired) electrons. The molecule has 2 aromatic rings. The molecule has 2 aromatic carbocycles. The summed E-state index contributed by atoms with van der Waals surface area (Å²) in [5, 5.41) is 23.5. The summed E-state index contributed by atoms with van der Waals surface area (Å²) in [4.78, 5) is 10.3. The lowest BCUT2D eigenvalue weighted by molar-refractivity contribution is -0.384. The van der Waals surface area contributed by atoms with Gasteiger partial charge in [-0.2, -0.15) is 0 Å². The van der Waals surface area contributed by atoms with Gasteiger partial charge in [-0.15, -0.1) is 0 Å². The van der Waals surface area contributed by atoms with Crippen LogP contribution in [0.3, 0.4) is 0 Å². The molecule has 0 bridgehead atoms. The molecule has 2 rings (SSSR count). The van der Waals surface area contributed by atoms with Crippen LogP contribution in [0, 0.1) is 21.7 Å². The largest absolute Gasteiger partial charge is 0.386 e. The molecule has 0 aliphatic heterocycles. The predicted octanol–water partition coefficient (Wildman–Crippen LogP) is 3.78. The Morgan fingerprint density at radius 3 is 2.50 bits per heavy atom. The smallest absolute Gasteiger partial charge is 0.292 e. The molecule has 0 heterocycles. The van der Waals surface area contributed by atoms with Crippen molar-refractivity contribution in [1.29, 1.82) is 0 Å². The van der Waals surface area contributed by atoms with Crippen molar-refractivity contribution in [3.63, 3.8) is 0 Å². The van der Waals surface area contributed by atoms with Crippen LogP contribution in [-0.4, -0.2) is 16.6 Å². The molecule has 2 N–H and O–H groups in total. The van der Waals surface area contributed by atoms with Crippen molar-refractivity contribution < 1.29 is 18.8 Å². The number of nitrogens with one attached hydrogen (secondary N) is 1. The van der Waals surface area contributed by atoms with Gasteiger partial charge in [0.1, 0.15) is 23.4 Å². The molecule has 0 fully saturated rings. The highest BCUT2D eigenvalue weighted by Crippen LogP contribution is 2.29. The molecule has 0 amide bonds. The van der Waals surface area contributed by atoms with Gasteiger partial charge in [0.25, 0.3) is 5.69 Å². The number of nitrogens with zero attached hydrogens (tertiary/aromatic N) is 1. The second-order valence-electron chi connectivity index (χ2n) is 4.45. The van der Waals surface area contributed by atoms with E-state index in [1.807, 2.05) is 0 Å². The number of aliphatic hydroxyl groups excluding tert-OH is 1. The van der Waals surface area contributed by atoms with E-state index in [9.17, 15) is 24.0 Å². The van der Waals surface area contributed by atoms with Gasteiger partial charge < -0.3 is 10.4 Å². The van der Waals surface area contributed by atoms with E-state index in [-0.39, 0.29) is 17.9 Å². The SMILES string of the molecule is O=[N+]([O-])c1ccc(Br)cc1NCC(O)c1c(F)cccc1F. The molecule has 0 aliphatic carbocycles. The van der Waals surface area contributed by atoms with Gasteiger partial charge in [-0.3, -0.25) is 10.1 Å². The number of rotatable bonds is 5. The van der Waals surface area contributed by atoms with Crippen molar-refractivity contribution in [1.82, 2.24) is 0 Å². The Kier molecular flexibility index (Phi) is 5.04. The van der Waals surface area contributed by atoms with Crippen molar-refractivity contribution in [2.24, 2.45) is 0 Å². The molecule has 0 saturated heterocycles. The fourth-order valence-corrected chi connectivity index (χ4v) is 2.31. The van der Waals surface area contributed by atoms with Crippen LogP contribution in [0.25, 0.3) is 0 Å². The van der Waals surface area contributed by atoms with Crippen molar-refractivity contribution >= 4 is 27.3 Å². The summed E-state index contributed by atoms with van der Waals surface area (Å²) in [5.41, 5.74) is -0.549. The maximum atomic E-state index is 13.6. The molecule has 0 aliphatic rings. The van der Waals surface area contributed by atoms with Crippen LogP contribution in [0.5, 0.6) is 0 Å². The first-order chi connectivity index (χ1) is 10.4. The summed E-state index contributed by atoms with van der Waals surface area (Å²) < 4.78 is 27.7. The zero-order valence-corrected chi connectivity index (χ0v) is 12.7. The molecule has 116 valence electrons. The second kappa shape index (κ2) is 6.80. The number of aliphatic hydroxyl groups is 1.